The molecule has 18 heavy (non-hydrogen) atoms. The minimum Gasteiger partial charge on any atom is -0.744 e. The van der Waals surface area contributed by atoms with E-state index in [1.807, 2.05) is 25.1 Å². The molecular formula is C13H13NaO3S. The Bertz CT molecular complexity index is 608. The molecule has 2 aliphatic rings. The molecule has 0 aliphatic heterocycles. The van der Waals surface area contributed by atoms with Gasteiger partial charge in [0.1, 0.15) is 10.1 Å². The van der Waals surface area contributed by atoms with Crippen LogP contribution in [0.1, 0.15) is 18.9 Å². The second-order valence-electron chi connectivity index (χ2n) is 3.98. The summed E-state index contributed by atoms with van der Waals surface area (Å²) in [6.07, 6.45) is 1.69. The molecule has 0 aromatic carbocycles. The van der Waals surface area contributed by atoms with Crippen molar-refractivity contribution >= 4 is 10.1 Å². The fourth-order valence-electron chi connectivity index (χ4n) is 2.04. The van der Waals surface area contributed by atoms with Crippen LogP contribution in [0.5, 0.6) is 0 Å². The van der Waals surface area contributed by atoms with Crippen molar-refractivity contribution in [3.8, 4) is 11.1 Å². The third-order valence-electron chi connectivity index (χ3n) is 2.74. The van der Waals surface area contributed by atoms with Gasteiger partial charge in [0, 0.05) is 0 Å². The zero-order chi connectivity index (χ0) is 12.5. The molecule has 2 aliphatic carbocycles. The normalized spacial score (nSPS) is 11.2. The molecule has 0 aromatic rings. The van der Waals surface area contributed by atoms with Crippen molar-refractivity contribution in [2.45, 2.75) is 24.7 Å². The van der Waals surface area contributed by atoms with Crippen molar-refractivity contribution in [1.82, 2.24) is 0 Å². The minimum absolute atomic E-state index is 0. The Morgan fingerprint density at radius 3 is 2.28 bits per heavy atom. The van der Waals surface area contributed by atoms with Crippen molar-refractivity contribution in [1.29, 1.82) is 0 Å². The Balaban J connectivity index is 0.00000162. The quantitative estimate of drug-likeness (QED) is 0.567. The summed E-state index contributed by atoms with van der Waals surface area (Å²) >= 11 is 0. The zero-order valence-electron chi connectivity index (χ0n) is 10.5. The fourth-order valence-corrected chi connectivity index (χ4v) is 2.77. The predicted octanol–water partition coefficient (Wildman–Crippen LogP) is -0.348. The summed E-state index contributed by atoms with van der Waals surface area (Å²) in [5.74, 6) is 0. The summed E-state index contributed by atoms with van der Waals surface area (Å²) in [7, 11) is -4.41. The second kappa shape index (κ2) is 6.17. The standard InChI is InChI=1S/C13H14O3S.Na/c1-2-6-10-9-13(17(14,15)16)12-8-5-3-4-7-11(10)12;/h3-5,7-9H,2,6H2,1H3,(H,14,15,16);/q;+1/p-1. The molecule has 0 heterocycles. The van der Waals surface area contributed by atoms with Gasteiger partial charge in [-0.2, -0.15) is 0 Å². The molecule has 0 saturated carbocycles. The van der Waals surface area contributed by atoms with Crippen molar-refractivity contribution in [2.24, 2.45) is 0 Å². The maximum atomic E-state index is 11.2. The molecule has 90 valence electrons. The van der Waals surface area contributed by atoms with E-state index < -0.39 is 10.1 Å². The van der Waals surface area contributed by atoms with Crippen LogP contribution in [-0.4, -0.2) is 13.0 Å². The third kappa shape index (κ3) is 3.13. The zero-order valence-corrected chi connectivity index (χ0v) is 13.3. The molecular weight excluding hydrogens is 259 g/mol. The third-order valence-corrected chi connectivity index (χ3v) is 3.62. The molecule has 0 fully saturated rings. The number of rotatable bonds is 3. The summed E-state index contributed by atoms with van der Waals surface area (Å²) in [6.45, 7) is 2.02. The van der Waals surface area contributed by atoms with Crippen LogP contribution in [0.4, 0.5) is 0 Å². The smallest absolute Gasteiger partial charge is 0.744 e. The maximum Gasteiger partial charge on any atom is 1.00 e. The second-order valence-corrected chi connectivity index (χ2v) is 5.32. The van der Waals surface area contributed by atoms with Crippen LogP contribution in [0, 0.1) is 0 Å². The van der Waals surface area contributed by atoms with Crippen molar-refractivity contribution in [2.75, 3.05) is 0 Å². The first-order chi connectivity index (χ1) is 8.04. The Hall–Kier alpha value is -0.390. The average Bonchev–Trinajstić information content (AvgIpc) is 2.46. The first-order valence-electron chi connectivity index (χ1n) is 5.50. The van der Waals surface area contributed by atoms with Gasteiger partial charge in [-0.15, -0.1) is 0 Å². The monoisotopic (exact) mass is 272 g/mol. The molecule has 0 saturated heterocycles. The first-order valence-corrected chi connectivity index (χ1v) is 6.91. The van der Waals surface area contributed by atoms with Crippen molar-refractivity contribution in [3.63, 3.8) is 0 Å². The van der Waals surface area contributed by atoms with Gasteiger partial charge in [0.05, 0.1) is 4.90 Å². The van der Waals surface area contributed by atoms with E-state index in [4.69, 9.17) is 0 Å². The first kappa shape index (κ1) is 15.7. The van der Waals surface area contributed by atoms with Crippen LogP contribution in [0.3, 0.4) is 0 Å². The fraction of sp³-hybridized carbons (Fsp3) is 0.231. The van der Waals surface area contributed by atoms with Crippen LogP contribution >= 0.6 is 0 Å². The van der Waals surface area contributed by atoms with Gasteiger partial charge in [0.15, 0.2) is 0 Å². The van der Waals surface area contributed by atoms with Crippen molar-refractivity contribution in [3.05, 3.63) is 42.0 Å². The van der Waals surface area contributed by atoms with Gasteiger partial charge in [-0.05, 0) is 29.2 Å². The number of hydrogen-bond donors (Lipinski definition) is 0. The minimum atomic E-state index is -4.41. The number of hydrogen-bond acceptors (Lipinski definition) is 3. The summed E-state index contributed by atoms with van der Waals surface area (Å²) in [6, 6.07) is 10.5. The van der Waals surface area contributed by atoms with Gasteiger partial charge in [0.2, 0.25) is 0 Å². The molecule has 0 amide bonds. The molecule has 2 rings (SSSR count). The largest absolute Gasteiger partial charge is 1.00 e. The van der Waals surface area contributed by atoms with Crippen LogP contribution < -0.4 is 29.6 Å². The Kier molecular flexibility index (Phi) is 5.37. The van der Waals surface area contributed by atoms with Gasteiger partial charge in [-0.1, -0.05) is 43.7 Å². The van der Waals surface area contributed by atoms with Crippen LogP contribution in [0.25, 0.3) is 11.1 Å². The van der Waals surface area contributed by atoms with E-state index in [9.17, 15) is 13.0 Å². The molecule has 0 radical (unpaired) electrons. The molecule has 0 spiro atoms. The summed E-state index contributed by atoms with van der Waals surface area (Å²) in [5.41, 5.74) is 2.30. The Labute approximate surface area is 130 Å². The van der Waals surface area contributed by atoms with Gasteiger partial charge in [0.25, 0.3) is 0 Å². The van der Waals surface area contributed by atoms with Gasteiger partial charge in [-0.3, -0.25) is 0 Å². The van der Waals surface area contributed by atoms with E-state index in [1.165, 1.54) is 6.07 Å². The molecule has 5 heteroatoms. The summed E-state index contributed by atoms with van der Waals surface area (Å²) < 4.78 is 33.6. The van der Waals surface area contributed by atoms with Crippen LogP contribution in [0.2, 0.25) is 0 Å². The number of fused-ring (bicyclic) bond motifs is 1. The van der Waals surface area contributed by atoms with E-state index in [-0.39, 0.29) is 34.5 Å². The Morgan fingerprint density at radius 1 is 1.11 bits per heavy atom. The maximum absolute atomic E-state index is 11.2. The summed E-state index contributed by atoms with van der Waals surface area (Å²) in [5, 5.41) is 0. The SMILES string of the molecule is CCCc1cc(S(=O)(=O)[O-])c2cccccc1-2.[Na+]. The van der Waals surface area contributed by atoms with Crippen LogP contribution in [0.15, 0.2) is 41.3 Å². The van der Waals surface area contributed by atoms with E-state index >= 15 is 0 Å². The van der Waals surface area contributed by atoms with Crippen molar-refractivity contribution < 1.29 is 42.5 Å². The average molecular weight is 272 g/mol. The molecule has 0 unspecified atom stereocenters. The molecule has 0 aromatic heterocycles. The summed E-state index contributed by atoms with van der Waals surface area (Å²) in [4.78, 5) is -0.104. The van der Waals surface area contributed by atoms with Gasteiger partial charge < -0.3 is 4.55 Å². The molecule has 0 atom stereocenters. The Morgan fingerprint density at radius 2 is 1.72 bits per heavy atom. The van der Waals surface area contributed by atoms with E-state index in [0.29, 0.717) is 5.56 Å². The van der Waals surface area contributed by atoms with Gasteiger partial charge in [-0.25, -0.2) is 8.42 Å². The van der Waals surface area contributed by atoms with Crippen LogP contribution in [-0.2, 0) is 16.5 Å². The van der Waals surface area contributed by atoms with E-state index in [2.05, 4.69) is 0 Å². The molecule has 0 N–H and O–H groups in total. The van der Waals surface area contributed by atoms with E-state index in [1.54, 1.807) is 12.1 Å². The predicted molar refractivity (Wildman–Crippen MR) is 65.0 cm³/mol. The topological polar surface area (TPSA) is 57.2 Å². The van der Waals surface area contributed by atoms with Gasteiger partial charge >= 0.3 is 29.6 Å². The molecule has 3 nitrogen and oxygen atoms in total. The molecule has 0 bridgehead atoms. The number of aryl methyl sites for hydroxylation is 1. The van der Waals surface area contributed by atoms with E-state index in [0.717, 1.165) is 24.0 Å².